The largest absolute Gasteiger partial charge is 0.496 e. The number of carbonyl (C=O) groups excluding carboxylic acids is 1. The van der Waals surface area contributed by atoms with Crippen molar-refractivity contribution in [2.45, 2.75) is 19.4 Å². The molecule has 0 radical (unpaired) electrons. The summed E-state index contributed by atoms with van der Waals surface area (Å²) in [6.07, 6.45) is 0.807. The molecule has 0 spiro atoms. The normalized spacial score (nSPS) is 16.4. The molecule has 1 amide bonds. The smallest absolute Gasteiger partial charge is 0.295 e. The molecule has 7 nitrogen and oxygen atoms in total. The molecule has 2 aromatic carbocycles. The number of hydrogen-bond acceptors (Lipinski definition) is 6. The zero-order valence-electron chi connectivity index (χ0n) is 16.2. The zero-order chi connectivity index (χ0) is 19.7. The van der Waals surface area contributed by atoms with E-state index in [1.165, 1.54) is 0 Å². The average Bonchev–Trinajstić information content (AvgIpc) is 3.33. The van der Waals surface area contributed by atoms with E-state index in [9.17, 15) is 4.79 Å². The van der Waals surface area contributed by atoms with Gasteiger partial charge in [0.1, 0.15) is 22.6 Å². The zero-order valence-corrected chi connectivity index (χ0v) is 16.2. The number of nitrogens with zero attached hydrogens (tertiary/aromatic N) is 2. The van der Waals surface area contributed by atoms with Gasteiger partial charge < -0.3 is 24.1 Å². The molecule has 0 saturated carbocycles. The molecule has 1 atom stereocenters. The van der Waals surface area contributed by atoms with Gasteiger partial charge in [-0.1, -0.05) is 12.1 Å². The fraction of sp³-hybridized carbons (Fsp3) is 0.333. The second-order valence-corrected chi connectivity index (χ2v) is 6.91. The van der Waals surface area contributed by atoms with Crippen LogP contribution < -0.4 is 14.8 Å². The Labute approximate surface area is 163 Å². The van der Waals surface area contributed by atoms with Crippen molar-refractivity contribution in [1.29, 1.82) is 0 Å². The number of methoxy groups -OCH3 is 2. The molecular weight excluding hydrogens is 358 g/mol. The predicted molar refractivity (Wildman–Crippen MR) is 106 cm³/mol. The van der Waals surface area contributed by atoms with Crippen LogP contribution in [-0.4, -0.2) is 49.1 Å². The summed E-state index contributed by atoms with van der Waals surface area (Å²) in [5.41, 5.74) is 3.16. The van der Waals surface area contributed by atoms with Crippen LogP contribution in [0.2, 0.25) is 0 Å². The molecule has 1 aromatic heterocycles. The number of rotatable bonds is 5. The van der Waals surface area contributed by atoms with Crippen molar-refractivity contribution in [3.05, 3.63) is 47.5 Å². The number of likely N-dealkylation sites (tertiary alicyclic amines) is 1. The lowest BCUT2D eigenvalue weighted by Gasteiger charge is -2.20. The van der Waals surface area contributed by atoms with Gasteiger partial charge in [-0.25, -0.2) is 0 Å². The summed E-state index contributed by atoms with van der Waals surface area (Å²) in [5.74, 6) is 0.914. The highest BCUT2D eigenvalue weighted by Gasteiger charge is 2.31. The SMILES string of the molecule is COc1cccc(OC)c1C(=O)N1CC[C@@H](Nc2nc3cc(C)ccc3o2)C1. The van der Waals surface area contributed by atoms with Gasteiger partial charge in [0.15, 0.2) is 5.58 Å². The third-order valence-corrected chi connectivity index (χ3v) is 4.99. The minimum atomic E-state index is -0.105. The van der Waals surface area contributed by atoms with Gasteiger partial charge in [-0.3, -0.25) is 4.79 Å². The molecule has 0 bridgehead atoms. The van der Waals surface area contributed by atoms with Crippen molar-refractivity contribution < 1.29 is 18.7 Å². The van der Waals surface area contributed by atoms with Gasteiger partial charge in [0.05, 0.1) is 14.2 Å². The lowest BCUT2D eigenvalue weighted by atomic mass is 10.1. The van der Waals surface area contributed by atoms with E-state index in [2.05, 4.69) is 10.3 Å². The average molecular weight is 381 g/mol. The lowest BCUT2D eigenvalue weighted by Crippen LogP contribution is -2.32. The lowest BCUT2D eigenvalue weighted by molar-refractivity contribution is 0.0784. The Morgan fingerprint density at radius 3 is 2.68 bits per heavy atom. The molecule has 0 aliphatic carbocycles. The van der Waals surface area contributed by atoms with Crippen molar-refractivity contribution in [1.82, 2.24) is 9.88 Å². The standard InChI is InChI=1S/C21H23N3O4/c1-13-7-8-16-15(11-13)23-21(28-16)22-14-9-10-24(12-14)20(25)19-17(26-2)5-4-6-18(19)27-3/h4-8,11,14H,9-10,12H2,1-3H3,(H,22,23)/t14-/m1/s1. The van der Waals surface area contributed by atoms with Crippen LogP contribution in [0.1, 0.15) is 22.3 Å². The molecule has 1 aliphatic heterocycles. The highest BCUT2D eigenvalue weighted by Crippen LogP contribution is 2.31. The van der Waals surface area contributed by atoms with E-state index in [1.54, 1.807) is 37.3 Å². The molecule has 1 N–H and O–H groups in total. The Morgan fingerprint density at radius 2 is 1.96 bits per heavy atom. The van der Waals surface area contributed by atoms with Gasteiger partial charge in [0.2, 0.25) is 0 Å². The van der Waals surface area contributed by atoms with Gasteiger partial charge in [-0.2, -0.15) is 4.98 Å². The van der Waals surface area contributed by atoms with Gasteiger partial charge >= 0.3 is 0 Å². The van der Waals surface area contributed by atoms with Crippen LogP contribution in [0.15, 0.2) is 40.8 Å². The van der Waals surface area contributed by atoms with E-state index < -0.39 is 0 Å². The fourth-order valence-corrected chi connectivity index (χ4v) is 3.56. The summed E-state index contributed by atoms with van der Waals surface area (Å²) in [7, 11) is 3.10. The monoisotopic (exact) mass is 381 g/mol. The Balaban J connectivity index is 1.48. The highest BCUT2D eigenvalue weighted by atomic mass is 16.5. The van der Waals surface area contributed by atoms with E-state index in [0.717, 1.165) is 23.1 Å². The maximum Gasteiger partial charge on any atom is 0.295 e. The summed E-state index contributed by atoms with van der Waals surface area (Å²) in [6.45, 7) is 3.21. The molecule has 0 unspecified atom stereocenters. The van der Waals surface area contributed by atoms with Crippen LogP contribution in [0.4, 0.5) is 6.01 Å². The fourth-order valence-electron chi connectivity index (χ4n) is 3.56. The van der Waals surface area contributed by atoms with Gasteiger partial charge in [-0.15, -0.1) is 0 Å². The van der Waals surface area contributed by atoms with Crippen LogP contribution in [0.25, 0.3) is 11.1 Å². The summed E-state index contributed by atoms with van der Waals surface area (Å²) < 4.78 is 16.5. The van der Waals surface area contributed by atoms with E-state index in [4.69, 9.17) is 13.9 Å². The molecule has 3 aromatic rings. The van der Waals surface area contributed by atoms with Crippen LogP contribution in [0.5, 0.6) is 11.5 Å². The molecule has 4 rings (SSSR count). The summed E-state index contributed by atoms with van der Waals surface area (Å²) in [4.78, 5) is 19.4. The van der Waals surface area contributed by atoms with Crippen molar-refractivity contribution in [2.75, 3.05) is 32.6 Å². The number of amides is 1. The predicted octanol–water partition coefficient (Wildman–Crippen LogP) is 3.48. The second-order valence-electron chi connectivity index (χ2n) is 6.91. The second kappa shape index (κ2) is 7.42. The Hall–Kier alpha value is -3.22. The van der Waals surface area contributed by atoms with Crippen LogP contribution in [0, 0.1) is 6.92 Å². The van der Waals surface area contributed by atoms with E-state index in [1.807, 2.05) is 25.1 Å². The minimum Gasteiger partial charge on any atom is -0.496 e. The summed E-state index contributed by atoms with van der Waals surface area (Å²) in [6, 6.07) is 11.8. The molecule has 146 valence electrons. The van der Waals surface area contributed by atoms with E-state index in [-0.39, 0.29) is 11.9 Å². The van der Waals surface area contributed by atoms with Crippen molar-refractivity contribution in [3.8, 4) is 11.5 Å². The number of aryl methyl sites for hydroxylation is 1. The number of hydrogen-bond donors (Lipinski definition) is 1. The van der Waals surface area contributed by atoms with Gasteiger partial charge in [0.25, 0.3) is 11.9 Å². The minimum absolute atomic E-state index is 0.0683. The third kappa shape index (κ3) is 3.35. The van der Waals surface area contributed by atoms with Crippen LogP contribution >= 0.6 is 0 Å². The first-order chi connectivity index (χ1) is 13.6. The Bertz CT molecular complexity index is 992. The maximum absolute atomic E-state index is 13.1. The number of nitrogens with one attached hydrogen (secondary N) is 1. The molecule has 1 aliphatic rings. The molecule has 1 fully saturated rings. The number of benzene rings is 2. The number of carbonyl (C=O) groups is 1. The molecule has 7 heteroatoms. The first-order valence-corrected chi connectivity index (χ1v) is 9.23. The van der Waals surface area contributed by atoms with E-state index in [0.29, 0.717) is 36.2 Å². The topological polar surface area (TPSA) is 76.8 Å². The molecule has 28 heavy (non-hydrogen) atoms. The molecule has 1 saturated heterocycles. The van der Waals surface area contributed by atoms with Gasteiger partial charge in [0, 0.05) is 19.1 Å². The number of anilines is 1. The molecule has 2 heterocycles. The Morgan fingerprint density at radius 1 is 1.21 bits per heavy atom. The quantitative estimate of drug-likeness (QED) is 0.729. The number of ether oxygens (including phenoxy) is 2. The van der Waals surface area contributed by atoms with Crippen LogP contribution in [0.3, 0.4) is 0 Å². The van der Waals surface area contributed by atoms with Crippen molar-refractivity contribution in [2.24, 2.45) is 0 Å². The van der Waals surface area contributed by atoms with Crippen LogP contribution in [-0.2, 0) is 0 Å². The first kappa shape index (κ1) is 18.2. The summed E-state index contributed by atoms with van der Waals surface area (Å²) in [5, 5.41) is 3.31. The van der Waals surface area contributed by atoms with Crippen molar-refractivity contribution in [3.63, 3.8) is 0 Å². The number of oxazole rings is 1. The molecular formula is C21H23N3O4. The van der Waals surface area contributed by atoms with E-state index >= 15 is 0 Å². The maximum atomic E-state index is 13.1. The number of fused-ring (bicyclic) bond motifs is 1. The number of aromatic nitrogens is 1. The summed E-state index contributed by atoms with van der Waals surface area (Å²) >= 11 is 0. The highest BCUT2D eigenvalue weighted by molar-refractivity contribution is 6.00. The third-order valence-electron chi connectivity index (χ3n) is 4.99. The van der Waals surface area contributed by atoms with Crippen molar-refractivity contribution >= 4 is 23.0 Å². The first-order valence-electron chi connectivity index (χ1n) is 9.23. The Kier molecular flexibility index (Phi) is 4.81. The van der Waals surface area contributed by atoms with Gasteiger partial charge in [-0.05, 0) is 43.2 Å².